The number of carbonyl (C=O) groups is 1. The number of amides is 2. The summed E-state index contributed by atoms with van der Waals surface area (Å²) in [6.45, 7) is 0.471. The van der Waals surface area contributed by atoms with Gasteiger partial charge < -0.3 is 10.6 Å². The van der Waals surface area contributed by atoms with Crippen LogP contribution in [0.3, 0.4) is 0 Å². The van der Waals surface area contributed by atoms with E-state index in [0.717, 1.165) is 15.6 Å². The van der Waals surface area contributed by atoms with Crippen molar-refractivity contribution < 1.29 is 4.79 Å². The second-order valence-electron chi connectivity index (χ2n) is 4.07. The minimum absolute atomic E-state index is 0.243. The van der Waals surface area contributed by atoms with Gasteiger partial charge in [0.2, 0.25) is 0 Å². The highest BCUT2D eigenvalue weighted by Gasteiger charge is 1.97. The maximum absolute atomic E-state index is 11.6. The van der Waals surface area contributed by atoms with Crippen LogP contribution in [0.2, 0.25) is 0 Å². The summed E-state index contributed by atoms with van der Waals surface area (Å²) in [5, 5.41) is 5.42. The molecule has 0 atom stereocenters. The predicted molar refractivity (Wildman–Crippen MR) is 82.8 cm³/mol. The summed E-state index contributed by atoms with van der Waals surface area (Å²) >= 11 is 3.40. The van der Waals surface area contributed by atoms with Gasteiger partial charge in [0.05, 0.1) is 0 Å². The number of nitrogens with zero attached hydrogens (tertiary/aromatic N) is 1. The SMILES string of the molecule is O=C(N/C=C/c1cccc(Br)c1)NCc1ccncc1. The number of carbonyl (C=O) groups excluding carboxylic acids is 1. The number of aromatic nitrogens is 1. The van der Waals surface area contributed by atoms with Crippen molar-refractivity contribution in [2.24, 2.45) is 0 Å². The van der Waals surface area contributed by atoms with E-state index in [4.69, 9.17) is 0 Å². The van der Waals surface area contributed by atoms with Gasteiger partial charge in [-0.05, 0) is 41.5 Å². The van der Waals surface area contributed by atoms with Crippen molar-refractivity contribution in [3.8, 4) is 0 Å². The van der Waals surface area contributed by atoms with Crippen LogP contribution in [0.5, 0.6) is 0 Å². The maximum Gasteiger partial charge on any atom is 0.319 e. The molecule has 20 heavy (non-hydrogen) atoms. The van der Waals surface area contributed by atoms with E-state index in [9.17, 15) is 4.79 Å². The first-order valence-corrected chi connectivity index (χ1v) is 6.89. The third-order valence-electron chi connectivity index (χ3n) is 2.54. The van der Waals surface area contributed by atoms with E-state index in [1.54, 1.807) is 18.6 Å². The quantitative estimate of drug-likeness (QED) is 0.902. The van der Waals surface area contributed by atoms with Gasteiger partial charge in [-0.1, -0.05) is 28.1 Å². The lowest BCUT2D eigenvalue weighted by molar-refractivity contribution is 0.244. The summed E-state index contributed by atoms with van der Waals surface area (Å²) in [5.74, 6) is 0. The summed E-state index contributed by atoms with van der Waals surface area (Å²) in [5.41, 5.74) is 2.01. The van der Waals surface area contributed by atoms with Crippen LogP contribution in [0.4, 0.5) is 4.79 Å². The van der Waals surface area contributed by atoms with Crippen LogP contribution in [-0.4, -0.2) is 11.0 Å². The number of urea groups is 1. The first-order chi connectivity index (χ1) is 9.74. The van der Waals surface area contributed by atoms with Crippen molar-refractivity contribution in [1.29, 1.82) is 0 Å². The average molecular weight is 332 g/mol. The molecular weight excluding hydrogens is 318 g/mol. The molecule has 2 aromatic rings. The van der Waals surface area contributed by atoms with Crippen LogP contribution < -0.4 is 10.6 Å². The molecular formula is C15H14BrN3O. The van der Waals surface area contributed by atoms with E-state index < -0.39 is 0 Å². The summed E-state index contributed by atoms with van der Waals surface area (Å²) in [4.78, 5) is 15.5. The Kier molecular flexibility index (Phi) is 5.32. The molecule has 2 amide bonds. The third-order valence-corrected chi connectivity index (χ3v) is 3.03. The molecule has 5 heteroatoms. The van der Waals surface area contributed by atoms with Crippen molar-refractivity contribution >= 4 is 28.0 Å². The number of hydrogen-bond acceptors (Lipinski definition) is 2. The molecule has 0 saturated carbocycles. The molecule has 0 radical (unpaired) electrons. The molecule has 2 N–H and O–H groups in total. The molecule has 102 valence electrons. The fourth-order valence-corrected chi connectivity index (χ4v) is 1.97. The zero-order valence-corrected chi connectivity index (χ0v) is 12.3. The molecule has 0 bridgehead atoms. The van der Waals surface area contributed by atoms with Crippen LogP contribution in [0.25, 0.3) is 6.08 Å². The molecule has 0 saturated heterocycles. The van der Waals surface area contributed by atoms with E-state index in [2.05, 4.69) is 31.5 Å². The van der Waals surface area contributed by atoms with Gasteiger partial charge in [0, 0.05) is 29.6 Å². The van der Waals surface area contributed by atoms with E-state index in [-0.39, 0.29) is 6.03 Å². The molecule has 0 aliphatic carbocycles. The minimum atomic E-state index is -0.243. The van der Waals surface area contributed by atoms with Crippen LogP contribution in [0.1, 0.15) is 11.1 Å². The monoisotopic (exact) mass is 331 g/mol. The Hall–Kier alpha value is -2.14. The molecule has 2 rings (SSSR count). The van der Waals surface area contributed by atoms with Gasteiger partial charge >= 0.3 is 6.03 Å². The van der Waals surface area contributed by atoms with Gasteiger partial charge in [0.1, 0.15) is 0 Å². The lowest BCUT2D eigenvalue weighted by Crippen LogP contribution is -2.31. The lowest BCUT2D eigenvalue weighted by Gasteiger charge is -2.04. The van der Waals surface area contributed by atoms with Gasteiger partial charge in [0.25, 0.3) is 0 Å². The smallest absolute Gasteiger partial charge is 0.319 e. The molecule has 0 fully saturated rings. The van der Waals surface area contributed by atoms with Crippen LogP contribution in [-0.2, 0) is 6.54 Å². The Labute approximate surface area is 126 Å². The zero-order valence-electron chi connectivity index (χ0n) is 10.7. The Morgan fingerprint density at radius 3 is 2.80 bits per heavy atom. The molecule has 1 heterocycles. The number of nitrogens with one attached hydrogen (secondary N) is 2. The van der Waals surface area contributed by atoms with E-state index in [1.807, 2.05) is 42.5 Å². The minimum Gasteiger partial charge on any atom is -0.334 e. The fraction of sp³-hybridized carbons (Fsp3) is 0.0667. The summed E-state index contributed by atoms with van der Waals surface area (Å²) in [6, 6.07) is 11.3. The first kappa shape index (κ1) is 14.3. The molecule has 1 aromatic heterocycles. The molecule has 0 aliphatic heterocycles. The standard InChI is InChI=1S/C15H14BrN3O/c16-14-3-1-2-12(10-14)6-9-18-15(20)19-11-13-4-7-17-8-5-13/h1-10H,11H2,(H2,18,19,20)/b9-6+. The summed E-state index contributed by atoms with van der Waals surface area (Å²) < 4.78 is 1.00. The average Bonchev–Trinajstić information content (AvgIpc) is 2.46. The van der Waals surface area contributed by atoms with Crippen molar-refractivity contribution in [2.75, 3.05) is 0 Å². The van der Waals surface area contributed by atoms with E-state index in [0.29, 0.717) is 6.54 Å². The number of hydrogen-bond donors (Lipinski definition) is 2. The maximum atomic E-state index is 11.6. The van der Waals surface area contributed by atoms with Crippen molar-refractivity contribution in [1.82, 2.24) is 15.6 Å². The third kappa shape index (κ3) is 4.85. The Bertz CT molecular complexity index is 599. The Morgan fingerprint density at radius 1 is 1.25 bits per heavy atom. The predicted octanol–water partition coefficient (Wildman–Crippen LogP) is 3.31. The fourth-order valence-electron chi connectivity index (χ4n) is 1.56. The van der Waals surface area contributed by atoms with Gasteiger partial charge in [-0.3, -0.25) is 4.98 Å². The van der Waals surface area contributed by atoms with Gasteiger partial charge in [-0.15, -0.1) is 0 Å². The highest BCUT2D eigenvalue weighted by atomic mass is 79.9. The highest BCUT2D eigenvalue weighted by molar-refractivity contribution is 9.10. The topological polar surface area (TPSA) is 54.0 Å². The first-order valence-electron chi connectivity index (χ1n) is 6.09. The molecule has 0 unspecified atom stereocenters. The summed E-state index contributed by atoms with van der Waals surface area (Å²) in [7, 11) is 0. The number of rotatable bonds is 4. The highest BCUT2D eigenvalue weighted by Crippen LogP contribution is 2.12. The van der Waals surface area contributed by atoms with Gasteiger partial charge in [0.15, 0.2) is 0 Å². The largest absolute Gasteiger partial charge is 0.334 e. The van der Waals surface area contributed by atoms with Crippen LogP contribution in [0, 0.1) is 0 Å². The number of benzene rings is 1. The molecule has 1 aromatic carbocycles. The van der Waals surface area contributed by atoms with Crippen LogP contribution in [0.15, 0.2) is 59.5 Å². The normalized spacial score (nSPS) is 10.4. The molecule has 0 spiro atoms. The summed E-state index contributed by atoms with van der Waals surface area (Å²) in [6.07, 6.45) is 6.84. The Morgan fingerprint density at radius 2 is 2.05 bits per heavy atom. The van der Waals surface area contributed by atoms with E-state index in [1.165, 1.54) is 0 Å². The number of halogens is 1. The second-order valence-corrected chi connectivity index (χ2v) is 4.99. The van der Waals surface area contributed by atoms with Crippen molar-refractivity contribution in [3.63, 3.8) is 0 Å². The van der Waals surface area contributed by atoms with Crippen molar-refractivity contribution in [3.05, 3.63) is 70.6 Å². The van der Waals surface area contributed by atoms with Gasteiger partial charge in [-0.2, -0.15) is 0 Å². The van der Waals surface area contributed by atoms with Crippen molar-refractivity contribution in [2.45, 2.75) is 6.54 Å². The zero-order chi connectivity index (χ0) is 14.2. The van der Waals surface area contributed by atoms with E-state index >= 15 is 0 Å². The van der Waals surface area contributed by atoms with Crippen LogP contribution >= 0.6 is 15.9 Å². The molecule has 0 aliphatic rings. The Balaban J connectivity index is 1.78. The second kappa shape index (κ2) is 7.45. The van der Waals surface area contributed by atoms with Gasteiger partial charge in [-0.25, -0.2) is 4.79 Å². The number of pyridine rings is 1. The molecule has 4 nitrogen and oxygen atoms in total. The lowest BCUT2D eigenvalue weighted by atomic mass is 10.2.